The lowest BCUT2D eigenvalue weighted by Gasteiger charge is -2.26. The van der Waals surface area contributed by atoms with Crippen molar-refractivity contribution in [1.29, 1.82) is 0 Å². The fourth-order valence-corrected chi connectivity index (χ4v) is 2.86. The summed E-state index contributed by atoms with van der Waals surface area (Å²) in [6.07, 6.45) is 4.40. The zero-order chi connectivity index (χ0) is 17.7. The topological polar surface area (TPSA) is 70.3 Å². The molecule has 2 aromatic rings. The van der Waals surface area contributed by atoms with Crippen LogP contribution in [0.2, 0.25) is 0 Å². The number of aromatic nitrogens is 2. The van der Waals surface area contributed by atoms with Crippen LogP contribution in [0.5, 0.6) is 11.6 Å². The van der Waals surface area contributed by atoms with Gasteiger partial charge in [0.1, 0.15) is 6.61 Å². The van der Waals surface area contributed by atoms with Gasteiger partial charge in [-0.3, -0.25) is 4.98 Å². The van der Waals surface area contributed by atoms with Crippen molar-refractivity contribution in [2.45, 2.75) is 39.7 Å². The number of aryl methyl sites for hydroxylation is 1. The van der Waals surface area contributed by atoms with Gasteiger partial charge >= 0.3 is 0 Å². The fourth-order valence-electron chi connectivity index (χ4n) is 2.86. The van der Waals surface area contributed by atoms with Crippen LogP contribution in [0.15, 0.2) is 30.6 Å². The summed E-state index contributed by atoms with van der Waals surface area (Å²) in [7, 11) is 1.62. The highest BCUT2D eigenvalue weighted by Crippen LogP contribution is 2.33. The molecule has 2 N–H and O–H groups in total. The molecule has 0 aliphatic heterocycles. The highest BCUT2D eigenvalue weighted by atomic mass is 16.5. The Bertz CT molecular complexity index is 670. The molecule has 1 atom stereocenters. The number of nitrogens with zero attached hydrogens (tertiary/aromatic N) is 2. The molecule has 2 rings (SSSR count). The highest BCUT2D eigenvalue weighted by Gasteiger charge is 2.22. The summed E-state index contributed by atoms with van der Waals surface area (Å²) < 4.78 is 11.4. The SMILES string of the molecule is COc1cc(-c2ccncc2)c(C)nc1OCC(C)(N)CC(C)C. The molecule has 0 bridgehead atoms. The van der Waals surface area contributed by atoms with E-state index in [1.54, 1.807) is 19.5 Å². The molecule has 2 aromatic heterocycles. The van der Waals surface area contributed by atoms with E-state index in [9.17, 15) is 0 Å². The van der Waals surface area contributed by atoms with E-state index in [0.29, 0.717) is 24.2 Å². The molecule has 5 nitrogen and oxygen atoms in total. The summed E-state index contributed by atoms with van der Waals surface area (Å²) >= 11 is 0. The van der Waals surface area contributed by atoms with Gasteiger partial charge in [0.2, 0.25) is 0 Å². The molecule has 130 valence electrons. The Morgan fingerprint density at radius 1 is 1.25 bits per heavy atom. The summed E-state index contributed by atoms with van der Waals surface area (Å²) in [5.74, 6) is 1.59. The van der Waals surface area contributed by atoms with Gasteiger partial charge < -0.3 is 15.2 Å². The number of rotatable bonds is 7. The Kier molecular flexibility index (Phi) is 5.78. The van der Waals surface area contributed by atoms with E-state index in [2.05, 4.69) is 23.8 Å². The third-order valence-electron chi connectivity index (χ3n) is 3.77. The fraction of sp³-hybridized carbons (Fsp3) is 0.474. The lowest BCUT2D eigenvalue weighted by Crippen LogP contribution is -2.43. The summed E-state index contributed by atoms with van der Waals surface area (Å²) in [4.78, 5) is 8.63. The van der Waals surface area contributed by atoms with E-state index in [1.165, 1.54) is 0 Å². The normalized spacial score (nSPS) is 13.6. The number of methoxy groups -OCH3 is 1. The van der Waals surface area contributed by atoms with Crippen molar-refractivity contribution < 1.29 is 9.47 Å². The molecule has 0 fully saturated rings. The third-order valence-corrected chi connectivity index (χ3v) is 3.77. The lowest BCUT2D eigenvalue weighted by atomic mass is 9.93. The number of nitrogens with two attached hydrogens (primary N) is 1. The first-order valence-electron chi connectivity index (χ1n) is 8.20. The molecule has 0 aromatic carbocycles. The van der Waals surface area contributed by atoms with Crippen LogP contribution in [0.4, 0.5) is 0 Å². The van der Waals surface area contributed by atoms with Gasteiger partial charge in [0.25, 0.3) is 5.88 Å². The molecule has 0 aliphatic carbocycles. The quantitative estimate of drug-likeness (QED) is 0.840. The van der Waals surface area contributed by atoms with Crippen LogP contribution in [0, 0.1) is 12.8 Å². The maximum absolute atomic E-state index is 6.32. The van der Waals surface area contributed by atoms with Crippen LogP contribution in [0.3, 0.4) is 0 Å². The zero-order valence-electron chi connectivity index (χ0n) is 15.2. The zero-order valence-corrected chi connectivity index (χ0v) is 15.2. The molecule has 0 radical (unpaired) electrons. The van der Waals surface area contributed by atoms with E-state index >= 15 is 0 Å². The molecule has 0 aliphatic rings. The number of hydrogen-bond donors (Lipinski definition) is 1. The Morgan fingerprint density at radius 2 is 1.92 bits per heavy atom. The minimum Gasteiger partial charge on any atom is -0.491 e. The molecule has 0 amide bonds. The standard InChI is InChI=1S/C19H27N3O2/c1-13(2)11-19(4,20)12-24-18-17(23-5)10-16(14(3)22-18)15-6-8-21-9-7-15/h6-10,13H,11-12,20H2,1-5H3. The first kappa shape index (κ1) is 18.2. The van der Waals surface area contributed by atoms with Crippen molar-refractivity contribution in [2.24, 2.45) is 11.7 Å². The van der Waals surface area contributed by atoms with Gasteiger partial charge in [-0.25, -0.2) is 4.98 Å². The molecule has 24 heavy (non-hydrogen) atoms. The highest BCUT2D eigenvalue weighted by molar-refractivity contribution is 5.68. The Hall–Kier alpha value is -2.14. The maximum Gasteiger partial charge on any atom is 0.257 e. The Labute approximate surface area is 144 Å². The average Bonchev–Trinajstić information content (AvgIpc) is 2.52. The first-order valence-corrected chi connectivity index (χ1v) is 8.20. The molecular weight excluding hydrogens is 302 g/mol. The van der Waals surface area contributed by atoms with E-state index in [0.717, 1.165) is 23.2 Å². The van der Waals surface area contributed by atoms with Gasteiger partial charge in [0.15, 0.2) is 5.75 Å². The minimum atomic E-state index is -0.404. The minimum absolute atomic E-state index is 0.391. The van der Waals surface area contributed by atoms with Gasteiger partial charge in [0.05, 0.1) is 7.11 Å². The van der Waals surface area contributed by atoms with E-state index < -0.39 is 5.54 Å². The monoisotopic (exact) mass is 329 g/mol. The summed E-state index contributed by atoms with van der Waals surface area (Å²) in [5.41, 5.74) is 8.83. The van der Waals surface area contributed by atoms with Crippen LogP contribution in [-0.2, 0) is 0 Å². The lowest BCUT2D eigenvalue weighted by molar-refractivity contribution is 0.193. The van der Waals surface area contributed by atoms with Crippen LogP contribution < -0.4 is 15.2 Å². The first-order chi connectivity index (χ1) is 11.3. The molecule has 1 unspecified atom stereocenters. The molecule has 5 heteroatoms. The largest absolute Gasteiger partial charge is 0.491 e. The van der Waals surface area contributed by atoms with Crippen molar-refractivity contribution in [2.75, 3.05) is 13.7 Å². The second-order valence-corrected chi connectivity index (χ2v) is 6.91. The van der Waals surface area contributed by atoms with Crippen LogP contribution in [0.25, 0.3) is 11.1 Å². The second-order valence-electron chi connectivity index (χ2n) is 6.91. The Balaban J connectivity index is 2.24. The summed E-state index contributed by atoms with van der Waals surface area (Å²) in [5, 5.41) is 0. The van der Waals surface area contributed by atoms with E-state index in [4.69, 9.17) is 15.2 Å². The van der Waals surface area contributed by atoms with Crippen LogP contribution >= 0.6 is 0 Å². The van der Waals surface area contributed by atoms with Crippen molar-refractivity contribution in [1.82, 2.24) is 9.97 Å². The summed E-state index contributed by atoms with van der Waals surface area (Å²) in [6, 6.07) is 5.84. The third kappa shape index (κ3) is 4.68. The Morgan fingerprint density at radius 3 is 2.50 bits per heavy atom. The van der Waals surface area contributed by atoms with Crippen molar-refractivity contribution in [3.8, 4) is 22.8 Å². The second kappa shape index (κ2) is 7.62. The molecule has 2 heterocycles. The van der Waals surface area contributed by atoms with Gasteiger partial charge in [0, 0.05) is 29.2 Å². The average molecular weight is 329 g/mol. The number of hydrogen-bond acceptors (Lipinski definition) is 5. The van der Waals surface area contributed by atoms with E-state index in [-0.39, 0.29) is 0 Å². The smallest absolute Gasteiger partial charge is 0.257 e. The van der Waals surface area contributed by atoms with Gasteiger partial charge in [-0.15, -0.1) is 0 Å². The molecule has 0 spiro atoms. The predicted molar refractivity (Wildman–Crippen MR) is 96.3 cm³/mol. The van der Waals surface area contributed by atoms with Gasteiger partial charge in [-0.05, 0) is 49.9 Å². The molecular formula is C19H27N3O2. The van der Waals surface area contributed by atoms with Gasteiger partial charge in [-0.1, -0.05) is 13.8 Å². The number of ether oxygens (including phenoxy) is 2. The predicted octanol–water partition coefficient (Wildman–Crippen LogP) is 3.60. The van der Waals surface area contributed by atoms with Crippen molar-refractivity contribution in [3.05, 3.63) is 36.3 Å². The molecule has 0 saturated heterocycles. The summed E-state index contributed by atoms with van der Waals surface area (Å²) in [6.45, 7) is 8.65. The number of pyridine rings is 2. The molecule has 0 saturated carbocycles. The van der Waals surface area contributed by atoms with Crippen molar-refractivity contribution in [3.63, 3.8) is 0 Å². The van der Waals surface area contributed by atoms with E-state index in [1.807, 2.05) is 32.0 Å². The maximum atomic E-state index is 6.32. The van der Waals surface area contributed by atoms with Gasteiger partial charge in [-0.2, -0.15) is 0 Å². The van der Waals surface area contributed by atoms with Crippen LogP contribution in [0.1, 0.15) is 32.9 Å². The van der Waals surface area contributed by atoms with Crippen LogP contribution in [-0.4, -0.2) is 29.2 Å². The van der Waals surface area contributed by atoms with Crippen molar-refractivity contribution >= 4 is 0 Å².